The molecule has 0 radical (unpaired) electrons. The molecule has 0 heterocycles. The van der Waals surface area contributed by atoms with E-state index in [0.717, 1.165) is 11.1 Å². The second kappa shape index (κ2) is 17.4. The molecule has 0 spiro atoms. The van der Waals surface area contributed by atoms with E-state index in [1.54, 1.807) is 60.7 Å². The third kappa shape index (κ3) is 9.49. The summed E-state index contributed by atoms with van der Waals surface area (Å²) in [4.78, 5) is 26.5. The number of methoxy groups -OCH3 is 4. The lowest BCUT2D eigenvalue weighted by molar-refractivity contribution is 0.101. The van der Waals surface area contributed by atoms with Crippen LogP contribution in [-0.4, -0.2) is 57.1 Å². The van der Waals surface area contributed by atoms with Crippen LogP contribution in [0.25, 0.3) is 11.1 Å². The Morgan fingerprint density at radius 1 is 0.431 bits per heavy atom. The van der Waals surface area contributed by atoms with Crippen molar-refractivity contribution in [1.82, 2.24) is 0 Å². The maximum atomic E-state index is 13.2. The summed E-state index contributed by atoms with van der Waals surface area (Å²) in [5.74, 6) is 0.920. The number of carbonyl (C=O) groups excluding carboxylic acids is 2. The van der Waals surface area contributed by atoms with Crippen molar-refractivity contribution in [3.8, 4) is 34.1 Å². The smallest absolute Gasteiger partial charge is 0.261 e. The van der Waals surface area contributed by atoms with Crippen LogP contribution in [0.3, 0.4) is 0 Å². The Morgan fingerprint density at radius 2 is 0.776 bits per heavy atom. The molecule has 0 saturated heterocycles. The van der Waals surface area contributed by atoms with Gasteiger partial charge in [-0.25, -0.2) is 16.8 Å². The third-order valence-corrected chi connectivity index (χ3v) is 11.6. The van der Waals surface area contributed by atoms with E-state index in [-0.39, 0.29) is 32.3 Å². The number of hydrogen-bond donors (Lipinski definition) is 4. The maximum Gasteiger partial charge on any atom is 0.261 e. The number of sulfonamides is 2. The molecule has 0 aliphatic heterocycles. The van der Waals surface area contributed by atoms with Gasteiger partial charge in [0.05, 0.1) is 49.6 Å². The van der Waals surface area contributed by atoms with E-state index < -0.39 is 31.9 Å². The highest BCUT2D eigenvalue weighted by Gasteiger charge is 2.18. The van der Waals surface area contributed by atoms with Crippen LogP contribution in [0.4, 0.5) is 22.7 Å². The van der Waals surface area contributed by atoms with Crippen molar-refractivity contribution in [1.29, 1.82) is 0 Å². The lowest BCUT2D eigenvalue weighted by Gasteiger charge is -2.15. The quantitative estimate of drug-likeness (QED) is 0.0808. The van der Waals surface area contributed by atoms with Gasteiger partial charge in [-0.05, 0) is 132 Å². The fourth-order valence-electron chi connectivity index (χ4n) is 5.65. The van der Waals surface area contributed by atoms with Crippen molar-refractivity contribution in [2.45, 2.75) is 9.79 Å². The molecule has 6 aromatic carbocycles. The van der Waals surface area contributed by atoms with Crippen molar-refractivity contribution < 1.29 is 45.4 Å². The highest BCUT2D eigenvalue weighted by molar-refractivity contribution is 7.93. The zero-order valence-corrected chi connectivity index (χ0v) is 33.2. The first-order valence-electron chi connectivity index (χ1n) is 17.4. The Bertz CT molecular complexity index is 2470. The van der Waals surface area contributed by atoms with Crippen LogP contribution >= 0.6 is 0 Å². The van der Waals surface area contributed by atoms with Gasteiger partial charge in [-0.2, -0.15) is 0 Å². The number of hydrogen-bond acceptors (Lipinski definition) is 10. The minimum absolute atomic E-state index is 0.0590. The van der Waals surface area contributed by atoms with Crippen LogP contribution in [-0.2, 0) is 20.0 Å². The molecule has 4 N–H and O–H groups in total. The van der Waals surface area contributed by atoms with Gasteiger partial charge in [0.15, 0.2) is 0 Å². The summed E-state index contributed by atoms with van der Waals surface area (Å²) in [5.41, 5.74) is 3.38. The van der Waals surface area contributed by atoms with Crippen molar-refractivity contribution >= 4 is 54.6 Å². The van der Waals surface area contributed by atoms with Gasteiger partial charge in [0.2, 0.25) is 0 Å². The molecule has 0 aliphatic carbocycles. The van der Waals surface area contributed by atoms with Gasteiger partial charge < -0.3 is 29.6 Å². The molecular weight excluding hydrogens is 785 g/mol. The fourth-order valence-corrected chi connectivity index (χ4v) is 7.77. The fraction of sp³-hybridized carbons (Fsp3) is 0.0952. The Morgan fingerprint density at radius 3 is 1.09 bits per heavy atom. The van der Waals surface area contributed by atoms with Crippen molar-refractivity contribution in [3.63, 3.8) is 0 Å². The van der Waals surface area contributed by atoms with Crippen LogP contribution in [0.2, 0.25) is 0 Å². The zero-order valence-electron chi connectivity index (χ0n) is 31.6. The molecule has 6 rings (SSSR count). The summed E-state index contributed by atoms with van der Waals surface area (Å²) in [6.07, 6.45) is 0. The SMILES string of the molecule is COc1ccc(S(=O)(=O)Nc2ccc(C(=O)Nc3ccc(-c4ccc(NC(=O)c5ccc(NS(=O)(=O)c6ccc(OC)cc6)cc5)c(OC)c4)cc3OC)cc2)cc1. The molecule has 0 aromatic heterocycles. The maximum absolute atomic E-state index is 13.2. The Balaban J connectivity index is 1.09. The minimum Gasteiger partial charge on any atom is -0.497 e. The summed E-state index contributed by atoms with van der Waals surface area (Å²) < 4.78 is 77.6. The molecule has 6 aromatic rings. The Kier molecular flexibility index (Phi) is 12.2. The van der Waals surface area contributed by atoms with Crippen LogP contribution in [0.15, 0.2) is 143 Å². The van der Waals surface area contributed by atoms with E-state index >= 15 is 0 Å². The first kappa shape index (κ1) is 40.6. The van der Waals surface area contributed by atoms with Gasteiger partial charge in [0.1, 0.15) is 23.0 Å². The number of nitrogens with one attached hydrogen (secondary N) is 4. The van der Waals surface area contributed by atoms with E-state index in [1.807, 2.05) is 0 Å². The monoisotopic (exact) mass is 822 g/mol. The van der Waals surface area contributed by atoms with Crippen molar-refractivity contribution in [2.75, 3.05) is 48.5 Å². The third-order valence-electron chi connectivity index (χ3n) is 8.77. The lowest BCUT2D eigenvalue weighted by atomic mass is 10.0. The van der Waals surface area contributed by atoms with Gasteiger partial charge in [0, 0.05) is 22.5 Å². The number of benzene rings is 6. The average molecular weight is 823 g/mol. The molecule has 0 saturated carbocycles. The molecule has 0 bridgehead atoms. The Hall–Kier alpha value is -7.04. The van der Waals surface area contributed by atoms with Crippen molar-refractivity contribution in [2.24, 2.45) is 0 Å². The molecule has 14 nitrogen and oxygen atoms in total. The van der Waals surface area contributed by atoms with Crippen LogP contribution in [0, 0.1) is 0 Å². The van der Waals surface area contributed by atoms with Crippen LogP contribution in [0.1, 0.15) is 20.7 Å². The average Bonchev–Trinajstić information content (AvgIpc) is 3.24. The summed E-state index contributed by atoms with van der Waals surface area (Å²) in [6.45, 7) is 0. The molecule has 0 unspecified atom stereocenters. The molecule has 16 heteroatoms. The van der Waals surface area contributed by atoms with Gasteiger partial charge in [-0.15, -0.1) is 0 Å². The standard InChI is InChI=1S/C42H38N4O10S2/c1-53-33-15-19-35(20-16-33)57(49,50)45-31-11-5-27(6-12-31)41(47)43-37-23-9-29(25-39(37)55-3)30-10-24-38(40(26-30)56-4)44-42(48)28-7-13-32(14-8-28)46-58(51,52)36-21-17-34(54-2)18-22-36/h5-26,45-46H,1-4H3,(H,43,47)(H,44,48). The van der Waals surface area contributed by atoms with Gasteiger partial charge in [0.25, 0.3) is 31.9 Å². The first-order chi connectivity index (χ1) is 27.8. The van der Waals surface area contributed by atoms with E-state index in [0.29, 0.717) is 34.4 Å². The first-order valence-corrected chi connectivity index (χ1v) is 20.3. The summed E-state index contributed by atoms with van der Waals surface area (Å²) >= 11 is 0. The summed E-state index contributed by atoms with van der Waals surface area (Å²) in [7, 11) is -1.80. The number of rotatable bonds is 15. The lowest BCUT2D eigenvalue weighted by Crippen LogP contribution is -2.14. The summed E-state index contributed by atoms with van der Waals surface area (Å²) in [5, 5.41) is 5.66. The van der Waals surface area contributed by atoms with Crippen molar-refractivity contribution in [3.05, 3.63) is 145 Å². The number of ether oxygens (including phenoxy) is 4. The normalized spacial score (nSPS) is 11.2. The largest absolute Gasteiger partial charge is 0.497 e. The molecule has 2 amide bonds. The number of anilines is 4. The highest BCUT2D eigenvalue weighted by Crippen LogP contribution is 2.35. The molecule has 0 fully saturated rings. The molecule has 0 atom stereocenters. The van der Waals surface area contributed by atoms with Gasteiger partial charge in [-0.1, -0.05) is 12.1 Å². The van der Waals surface area contributed by atoms with E-state index in [2.05, 4.69) is 20.1 Å². The second-order valence-corrected chi connectivity index (χ2v) is 15.8. The molecule has 298 valence electrons. The Labute approximate surface area is 335 Å². The topological polar surface area (TPSA) is 187 Å². The second-order valence-electron chi connectivity index (χ2n) is 12.5. The van der Waals surface area contributed by atoms with Crippen LogP contribution < -0.4 is 39.0 Å². The van der Waals surface area contributed by atoms with E-state index in [1.165, 1.54) is 101 Å². The summed E-state index contributed by atoms with van der Waals surface area (Å²) in [6, 6.07) is 34.3. The van der Waals surface area contributed by atoms with Gasteiger partial charge >= 0.3 is 0 Å². The van der Waals surface area contributed by atoms with Crippen LogP contribution in [0.5, 0.6) is 23.0 Å². The molecular formula is C42H38N4O10S2. The molecule has 58 heavy (non-hydrogen) atoms. The van der Waals surface area contributed by atoms with Gasteiger partial charge in [-0.3, -0.25) is 19.0 Å². The number of amides is 2. The minimum atomic E-state index is -3.86. The molecule has 0 aliphatic rings. The number of carbonyl (C=O) groups is 2. The van der Waals surface area contributed by atoms with E-state index in [9.17, 15) is 26.4 Å². The predicted octanol–water partition coefficient (Wildman–Crippen LogP) is 7.49. The highest BCUT2D eigenvalue weighted by atomic mass is 32.2. The zero-order chi connectivity index (χ0) is 41.5. The van der Waals surface area contributed by atoms with E-state index in [4.69, 9.17) is 18.9 Å². The predicted molar refractivity (Wildman–Crippen MR) is 221 cm³/mol.